The highest BCUT2D eigenvalue weighted by Crippen LogP contribution is 2.31. The summed E-state index contributed by atoms with van der Waals surface area (Å²) >= 11 is 0. The molecule has 1 heterocycles. The topological polar surface area (TPSA) is 41.1 Å². The van der Waals surface area contributed by atoms with Gasteiger partial charge in [0.15, 0.2) is 0 Å². The van der Waals surface area contributed by atoms with Crippen molar-refractivity contribution in [3.8, 4) is 0 Å². The van der Waals surface area contributed by atoms with Crippen molar-refractivity contribution in [2.24, 2.45) is 5.92 Å². The van der Waals surface area contributed by atoms with Gasteiger partial charge in [0.1, 0.15) is 0 Å². The zero-order chi connectivity index (χ0) is 11.7. The van der Waals surface area contributed by atoms with Crippen molar-refractivity contribution in [3.05, 3.63) is 29.8 Å². The molecule has 0 saturated heterocycles. The normalized spacial score (nSPS) is 24.7. The van der Waals surface area contributed by atoms with E-state index >= 15 is 0 Å². The highest BCUT2D eigenvalue weighted by Gasteiger charge is 2.28. The molecule has 1 aromatic carbocycles. The van der Waals surface area contributed by atoms with Crippen LogP contribution in [0.4, 0.5) is 5.69 Å². The molecule has 1 atom stereocenters. The SMILES string of the molecule is O=C1NCC(C2CCCC2)Nc2ccccc21. The van der Waals surface area contributed by atoms with Gasteiger partial charge in [-0.2, -0.15) is 0 Å². The van der Waals surface area contributed by atoms with Gasteiger partial charge >= 0.3 is 0 Å². The number of hydrogen-bond donors (Lipinski definition) is 2. The maximum Gasteiger partial charge on any atom is 0.253 e. The summed E-state index contributed by atoms with van der Waals surface area (Å²) in [5.74, 6) is 0.759. The Balaban J connectivity index is 1.86. The van der Waals surface area contributed by atoms with E-state index in [1.54, 1.807) is 0 Å². The van der Waals surface area contributed by atoms with E-state index in [1.165, 1.54) is 25.7 Å². The Bertz CT molecular complexity index is 424. The summed E-state index contributed by atoms with van der Waals surface area (Å²) in [5, 5.41) is 6.57. The predicted molar refractivity (Wildman–Crippen MR) is 68.1 cm³/mol. The Labute approximate surface area is 102 Å². The molecule has 1 fully saturated rings. The fraction of sp³-hybridized carbons (Fsp3) is 0.500. The Kier molecular flexibility index (Phi) is 2.75. The van der Waals surface area contributed by atoms with Gasteiger partial charge in [-0.05, 0) is 30.9 Å². The van der Waals surface area contributed by atoms with Crippen LogP contribution in [0, 0.1) is 5.92 Å². The molecule has 1 aromatic rings. The van der Waals surface area contributed by atoms with Crippen LogP contribution in [-0.4, -0.2) is 18.5 Å². The predicted octanol–water partition coefficient (Wildman–Crippen LogP) is 2.40. The summed E-state index contributed by atoms with van der Waals surface area (Å²) in [6.45, 7) is 0.748. The summed E-state index contributed by atoms with van der Waals surface area (Å²) in [7, 11) is 0. The second-order valence-corrected chi connectivity index (χ2v) is 5.05. The Morgan fingerprint density at radius 1 is 1.12 bits per heavy atom. The summed E-state index contributed by atoms with van der Waals surface area (Å²) in [6, 6.07) is 8.17. The van der Waals surface area contributed by atoms with E-state index in [9.17, 15) is 4.79 Å². The van der Waals surface area contributed by atoms with Crippen molar-refractivity contribution in [1.29, 1.82) is 0 Å². The summed E-state index contributed by atoms with van der Waals surface area (Å²) in [5.41, 5.74) is 1.76. The Morgan fingerprint density at radius 3 is 2.71 bits per heavy atom. The number of hydrogen-bond acceptors (Lipinski definition) is 2. The van der Waals surface area contributed by atoms with Crippen LogP contribution in [0.1, 0.15) is 36.0 Å². The van der Waals surface area contributed by atoms with Crippen LogP contribution in [0.15, 0.2) is 24.3 Å². The highest BCUT2D eigenvalue weighted by atomic mass is 16.1. The van der Waals surface area contributed by atoms with Gasteiger partial charge in [-0.15, -0.1) is 0 Å². The summed E-state index contributed by atoms with van der Waals surface area (Å²) in [6.07, 6.45) is 5.24. The molecule has 2 N–H and O–H groups in total. The molecule has 1 unspecified atom stereocenters. The molecule has 3 heteroatoms. The van der Waals surface area contributed by atoms with Gasteiger partial charge in [-0.1, -0.05) is 25.0 Å². The zero-order valence-corrected chi connectivity index (χ0v) is 9.91. The van der Waals surface area contributed by atoms with Crippen LogP contribution in [0.5, 0.6) is 0 Å². The van der Waals surface area contributed by atoms with Gasteiger partial charge in [0.25, 0.3) is 5.91 Å². The highest BCUT2D eigenvalue weighted by molar-refractivity contribution is 6.00. The second kappa shape index (κ2) is 4.40. The average molecular weight is 230 g/mol. The summed E-state index contributed by atoms with van der Waals surface area (Å²) in [4.78, 5) is 11.9. The van der Waals surface area contributed by atoms with Gasteiger partial charge in [0.2, 0.25) is 0 Å². The lowest BCUT2D eigenvalue weighted by Gasteiger charge is -2.23. The lowest BCUT2D eigenvalue weighted by atomic mass is 9.98. The molecule has 0 bridgehead atoms. The van der Waals surface area contributed by atoms with Gasteiger partial charge in [0, 0.05) is 18.3 Å². The number of fused-ring (bicyclic) bond motifs is 1. The lowest BCUT2D eigenvalue weighted by Crippen LogP contribution is -2.37. The summed E-state index contributed by atoms with van der Waals surface area (Å²) < 4.78 is 0. The third-order valence-corrected chi connectivity index (χ3v) is 3.96. The molecule has 2 aliphatic rings. The third kappa shape index (κ3) is 2.02. The van der Waals surface area contributed by atoms with Gasteiger partial charge in [-0.25, -0.2) is 0 Å². The number of carbonyl (C=O) groups excluding carboxylic acids is 1. The minimum atomic E-state index is 0.0496. The standard InChI is InChI=1S/C14H18N2O/c17-14-11-7-3-4-8-12(11)16-13(9-15-14)10-5-1-2-6-10/h3-4,7-8,10,13,16H,1-2,5-6,9H2,(H,15,17). The van der Waals surface area contributed by atoms with Crippen LogP contribution in [-0.2, 0) is 0 Å². The Hall–Kier alpha value is -1.51. The van der Waals surface area contributed by atoms with Gasteiger partial charge in [-0.3, -0.25) is 4.79 Å². The Morgan fingerprint density at radius 2 is 1.88 bits per heavy atom. The number of rotatable bonds is 1. The van der Waals surface area contributed by atoms with Crippen LogP contribution >= 0.6 is 0 Å². The molecule has 17 heavy (non-hydrogen) atoms. The molecule has 1 amide bonds. The number of para-hydroxylation sites is 1. The molecule has 1 aliphatic heterocycles. The van der Waals surface area contributed by atoms with E-state index in [0.717, 1.165) is 17.8 Å². The molecule has 0 aromatic heterocycles. The third-order valence-electron chi connectivity index (χ3n) is 3.96. The second-order valence-electron chi connectivity index (χ2n) is 5.05. The minimum Gasteiger partial charge on any atom is -0.380 e. The molecule has 1 aliphatic carbocycles. The molecule has 3 nitrogen and oxygen atoms in total. The largest absolute Gasteiger partial charge is 0.380 e. The first-order valence-electron chi connectivity index (χ1n) is 6.48. The number of carbonyl (C=O) groups is 1. The van der Waals surface area contributed by atoms with Crippen molar-refractivity contribution in [1.82, 2.24) is 5.32 Å². The van der Waals surface area contributed by atoms with Crippen LogP contribution in [0.25, 0.3) is 0 Å². The van der Waals surface area contributed by atoms with E-state index in [1.807, 2.05) is 24.3 Å². The maximum atomic E-state index is 11.9. The number of amides is 1. The van der Waals surface area contributed by atoms with Crippen molar-refractivity contribution in [2.45, 2.75) is 31.7 Å². The number of anilines is 1. The minimum absolute atomic E-state index is 0.0496. The fourth-order valence-corrected chi connectivity index (χ4v) is 3.00. The van der Waals surface area contributed by atoms with Crippen molar-refractivity contribution in [3.63, 3.8) is 0 Å². The van der Waals surface area contributed by atoms with Crippen LogP contribution in [0.3, 0.4) is 0 Å². The van der Waals surface area contributed by atoms with Crippen molar-refractivity contribution >= 4 is 11.6 Å². The molecule has 0 spiro atoms. The number of benzene rings is 1. The van der Waals surface area contributed by atoms with E-state index in [-0.39, 0.29) is 5.91 Å². The van der Waals surface area contributed by atoms with Crippen molar-refractivity contribution in [2.75, 3.05) is 11.9 Å². The smallest absolute Gasteiger partial charge is 0.253 e. The van der Waals surface area contributed by atoms with E-state index in [4.69, 9.17) is 0 Å². The van der Waals surface area contributed by atoms with E-state index in [2.05, 4.69) is 10.6 Å². The molecule has 0 radical (unpaired) electrons. The van der Waals surface area contributed by atoms with E-state index in [0.29, 0.717) is 12.0 Å². The molecular weight excluding hydrogens is 212 g/mol. The maximum absolute atomic E-state index is 11.9. The fourth-order valence-electron chi connectivity index (χ4n) is 3.00. The van der Waals surface area contributed by atoms with Gasteiger partial charge in [0.05, 0.1) is 5.56 Å². The van der Waals surface area contributed by atoms with Gasteiger partial charge < -0.3 is 10.6 Å². The lowest BCUT2D eigenvalue weighted by molar-refractivity contribution is 0.0953. The monoisotopic (exact) mass is 230 g/mol. The zero-order valence-electron chi connectivity index (χ0n) is 9.91. The first kappa shape index (κ1) is 10.6. The quantitative estimate of drug-likeness (QED) is 0.778. The first-order valence-corrected chi connectivity index (χ1v) is 6.48. The van der Waals surface area contributed by atoms with Crippen molar-refractivity contribution < 1.29 is 4.79 Å². The van der Waals surface area contributed by atoms with Crippen LogP contribution in [0.2, 0.25) is 0 Å². The molecule has 90 valence electrons. The molecule has 1 saturated carbocycles. The van der Waals surface area contributed by atoms with E-state index < -0.39 is 0 Å². The number of nitrogens with one attached hydrogen (secondary N) is 2. The first-order chi connectivity index (χ1) is 8.34. The van der Waals surface area contributed by atoms with Crippen LogP contribution < -0.4 is 10.6 Å². The average Bonchev–Trinajstić information content (AvgIpc) is 2.83. The molecule has 3 rings (SSSR count). The molecular formula is C14H18N2O.